The number of likely N-dealkylation sites (N-methyl/N-ethyl adjacent to an activating group) is 1. The normalized spacial score (nSPS) is 15.2. The van der Waals surface area contributed by atoms with Crippen LogP contribution in [0.25, 0.3) is 0 Å². The molecular formula is C17H34INO4. The van der Waals surface area contributed by atoms with Crippen LogP contribution in [0.1, 0.15) is 54.9 Å². The molecular weight excluding hydrogens is 409 g/mol. The van der Waals surface area contributed by atoms with Gasteiger partial charge in [0.1, 0.15) is 5.60 Å². The highest BCUT2D eigenvalue weighted by atomic mass is 127. The van der Waals surface area contributed by atoms with E-state index in [0.717, 1.165) is 10.8 Å². The Morgan fingerprint density at radius 3 is 2.09 bits per heavy atom. The van der Waals surface area contributed by atoms with Crippen molar-refractivity contribution in [3.8, 4) is 0 Å². The molecule has 23 heavy (non-hydrogen) atoms. The summed E-state index contributed by atoms with van der Waals surface area (Å²) in [6.45, 7) is 15.4. The van der Waals surface area contributed by atoms with E-state index >= 15 is 0 Å². The minimum absolute atomic E-state index is 0.207. The van der Waals surface area contributed by atoms with Gasteiger partial charge in [-0.25, -0.2) is 4.79 Å². The number of rotatable bonds is 9. The second kappa shape index (κ2) is 9.42. The van der Waals surface area contributed by atoms with Gasteiger partial charge in [-0.1, -0.05) is 22.6 Å². The summed E-state index contributed by atoms with van der Waals surface area (Å²) in [6.07, 6.45) is 0.505. The molecule has 138 valence electrons. The largest absolute Gasteiger partial charge is 0.444 e. The molecule has 6 heteroatoms. The summed E-state index contributed by atoms with van der Waals surface area (Å²) in [4.78, 5) is 14.0. The van der Waals surface area contributed by atoms with Crippen molar-refractivity contribution in [3.63, 3.8) is 0 Å². The Morgan fingerprint density at radius 1 is 1.13 bits per heavy atom. The first kappa shape index (κ1) is 22.9. The van der Waals surface area contributed by atoms with Crippen LogP contribution in [0.15, 0.2) is 0 Å². The lowest BCUT2D eigenvalue weighted by molar-refractivity contribution is -0.0679. The van der Waals surface area contributed by atoms with E-state index in [1.165, 1.54) is 0 Å². The SMILES string of the molecule is CCN(CC(C)(CI)OCCC(C)(C)OC)C(=O)OC(C)(C)C. The maximum atomic E-state index is 12.3. The number of nitrogens with zero attached hydrogens (tertiary/aromatic N) is 1. The van der Waals surface area contributed by atoms with Gasteiger partial charge >= 0.3 is 6.09 Å². The Kier molecular flexibility index (Phi) is 9.38. The van der Waals surface area contributed by atoms with Gasteiger partial charge < -0.3 is 19.1 Å². The Morgan fingerprint density at radius 2 is 1.70 bits per heavy atom. The van der Waals surface area contributed by atoms with Gasteiger partial charge in [-0.15, -0.1) is 0 Å². The fourth-order valence-electron chi connectivity index (χ4n) is 1.81. The molecule has 0 saturated heterocycles. The van der Waals surface area contributed by atoms with Crippen molar-refractivity contribution < 1.29 is 19.0 Å². The third-order valence-corrected chi connectivity index (χ3v) is 5.16. The maximum Gasteiger partial charge on any atom is 0.410 e. The van der Waals surface area contributed by atoms with Crippen molar-refractivity contribution in [3.05, 3.63) is 0 Å². The van der Waals surface area contributed by atoms with Gasteiger partial charge in [-0.2, -0.15) is 0 Å². The van der Waals surface area contributed by atoms with E-state index in [1.54, 1.807) is 12.0 Å². The summed E-state index contributed by atoms with van der Waals surface area (Å²) >= 11 is 2.30. The van der Waals surface area contributed by atoms with Crippen LogP contribution in [-0.4, -0.2) is 59.0 Å². The summed E-state index contributed by atoms with van der Waals surface area (Å²) in [6, 6.07) is 0. The molecule has 0 rings (SSSR count). The fourth-order valence-corrected chi connectivity index (χ4v) is 2.27. The Bertz CT molecular complexity index is 368. The van der Waals surface area contributed by atoms with Crippen LogP contribution in [0, 0.1) is 0 Å². The predicted octanol–water partition coefficient (Wildman–Crippen LogP) is 4.27. The summed E-state index contributed by atoms with van der Waals surface area (Å²) in [5.41, 5.74) is -1.10. The van der Waals surface area contributed by atoms with E-state index < -0.39 is 11.2 Å². The standard InChI is InChI=1S/C17H34INO4/c1-9-19(14(20)23-15(2,3)4)13-17(7,12-18)22-11-10-16(5,6)21-8/h9-13H2,1-8H3. The monoisotopic (exact) mass is 443 g/mol. The number of carbonyl (C=O) groups is 1. The molecule has 0 aliphatic rings. The van der Waals surface area contributed by atoms with Gasteiger partial charge in [0.25, 0.3) is 0 Å². The lowest BCUT2D eigenvalue weighted by Crippen LogP contribution is -2.48. The van der Waals surface area contributed by atoms with E-state index in [4.69, 9.17) is 14.2 Å². The Hall–Kier alpha value is -0.0800. The average Bonchev–Trinajstić information content (AvgIpc) is 2.42. The second-order valence-electron chi connectivity index (χ2n) is 7.64. The van der Waals surface area contributed by atoms with Crippen LogP contribution in [0.4, 0.5) is 4.79 Å². The maximum absolute atomic E-state index is 12.3. The first-order chi connectivity index (χ1) is 10.4. The van der Waals surface area contributed by atoms with Crippen LogP contribution in [0.5, 0.6) is 0 Å². The van der Waals surface area contributed by atoms with Crippen LogP contribution in [-0.2, 0) is 14.2 Å². The zero-order valence-corrected chi connectivity index (χ0v) is 18.2. The molecule has 1 unspecified atom stereocenters. The number of hydrogen-bond donors (Lipinski definition) is 0. The number of carbonyl (C=O) groups excluding carboxylic acids is 1. The Labute approximate surface area is 155 Å². The van der Waals surface area contributed by atoms with Gasteiger partial charge in [-0.3, -0.25) is 0 Å². The van der Waals surface area contributed by atoms with Crippen molar-refractivity contribution in [1.82, 2.24) is 4.90 Å². The fraction of sp³-hybridized carbons (Fsp3) is 0.941. The lowest BCUT2D eigenvalue weighted by atomic mass is 10.1. The van der Waals surface area contributed by atoms with E-state index in [0.29, 0.717) is 19.7 Å². The van der Waals surface area contributed by atoms with Crippen molar-refractivity contribution in [2.75, 3.05) is 31.2 Å². The molecule has 1 amide bonds. The zero-order valence-electron chi connectivity index (χ0n) is 16.0. The molecule has 0 fully saturated rings. The summed E-state index contributed by atoms with van der Waals surface area (Å²) in [5, 5.41) is 0. The molecule has 0 aliphatic heterocycles. The topological polar surface area (TPSA) is 48.0 Å². The summed E-state index contributed by atoms with van der Waals surface area (Å²) in [7, 11) is 1.71. The first-order valence-corrected chi connectivity index (χ1v) is 9.63. The molecule has 0 saturated carbocycles. The Balaban J connectivity index is 4.70. The molecule has 5 nitrogen and oxygen atoms in total. The molecule has 0 aromatic carbocycles. The van der Waals surface area contributed by atoms with Crippen LogP contribution < -0.4 is 0 Å². The molecule has 1 atom stereocenters. The molecule has 0 radical (unpaired) electrons. The highest BCUT2D eigenvalue weighted by Gasteiger charge is 2.31. The molecule has 0 aromatic rings. The summed E-state index contributed by atoms with van der Waals surface area (Å²) < 4.78 is 17.8. The van der Waals surface area contributed by atoms with E-state index in [2.05, 4.69) is 22.6 Å². The average molecular weight is 443 g/mol. The van der Waals surface area contributed by atoms with E-state index in [-0.39, 0.29) is 11.7 Å². The van der Waals surface area contributed by atoms with E-state index in [1.807, 2.05) is 48.5 Å². The molecule has 0 heterocycles. The number of ether oxygens (including phenoxy) is 3. The number of hydrogen-bond acceptors (Lipinski definition) is 4. The third-order valence-electron chi connectivity index (χ3n) is 3.55. The summed E-state index contributed by atoms with van der Waals surface area (Å²) in [5.74, 6) is 0. The van der Waals surface area contributed by atoms with E-state index in [9.17, 15) is 4.79 Å². The smallest absolute Gasteiger partial charge is 0.410 e. The highest BCUT2D eigenvalue weighted by molar-refractivity contribution is 14.1. The molecule has 0 aromatic heterocycles. The highest BCUT2D eigenvalue weighted by Crippen LogP contribution is 2.21. The van der Waals surface area contributed by atoms with Crippen molar-refractivity contribution >= 4 is 28.7 Å². The van der Waals surface area contributed by atoms with Crippen molar-refractivity contribution in [1.29, 1.82) is 0 Å². The molecule has 0 aliphatic carbocycles. The first-order valence-electron chi connectivity index (χ1n) is 8.11. The van der Waals surface area contributed by atoms with Crippen LogP contribution >= 0.6 is 22.6 Å². The minimum atomic E-state index is -0.491. The third kappa shape index (κ3) is 9.72. The van der Waals surface area contributed by atoms with Crippen LogP contribution in [0.2, 0.25) is 0 Å². The second-order valence-corrected chi connectivity index (χ2v) is 8.40. The number of amides is 1. The van der Waals surface area contributed by atoms with Gasteiger partial charge in [0.05, 0.1) is 24.4 Å². The van der Waals surface area contributed by atoms with Gasteiger partial charge in [-0.05, 0) is 54.9 Å². The van der Waals surface area contributed by atoms with Gasteiger partial charge in [0.2, 0.25) is 0 Å². The predicted molar refractivity (Wildman–Crippen MR) is 102 cm³/mol. The zero-order chi connectivity index (χ0) is 18.3. The lowest BCUT2D eigenvalue weighted by Gasteiger charge is -2.35. The van der Waals surface area contributed by atoms with Crippen LogP contribution in [0.3, 0.4) is 0 Å². The molecule has 0 N–H and O–H groups in total. The van der Waals surface area contributed by atoms with Gasteiger partial charge in [0.15, 0.2) is 0 Å². The minimum Gasteiger partial charge on any atom is -0.444 e. The van der Waals surface area contributed by atoms with Crippen molar-refractivity contribution in [2.45, 2.75) is 71.7 Å². The van der Waals surface area contributed by atoms with Crippen molar-refractivity contribution in [2.24, 2.45) is 0 Å². The molecule has 0 bridgehead atoms. The number of alkyl halides is 1. The van der Waals surface area contributed by atoms with Gasteiger partial charge in [0, 0.05) is 18.1 Å². The number of methoxy groups -OCH3 is 1. The number of halogens is 1. The quantitative estimate of drug-likeness (QED) is 0.395. The molecule has 0 spiro atoms.